The average molecular weight is 298 g/mol. The van der Waals surface area contributed by atoms with Crippen molar-refractivity contribution in [3.63, 3.8) is 0 Å². The summed E-state index contributed by atoms with van der Waals surface area (Å²) in [6.07, 6.45) is 0. The third-order valence-corrected chi connectivity index (χ3v) is 3.54. The smallest absolute Gasteiger partial charge is 0.290 e. The van der Waals surface area contributed by atoms with E-state index in [1.807, 2.05) is 6.92 Å². The van der Waals surface area contributed by atoms with E-state index < -0.39 is 0 Å². The Labute approximate surface area is 119 Å². The summed E-state index contributed by atoms with van der Waals surface area (Å²) in [5.41, 5.74) is 0.764. The van der Waals surface area contributed by atoms with E-state index in [0.717, 1.165) is 17.3 Å². The first-order valence-electron chi connectivity index (χ1n) is 5.62. The first kappa shape index (κ1) is 13.9. The summed E-state index contributed by atoms with van der Waals surface area (Å²) in [6, 6.07) is 7.04. The lowest BCUT2D eigenvalue weighted by Gasteiger charge is -2.11. The zero-order valence-corrected chi connectivity index (χ0v) is 12.0. The molecule has 1 aromatic heterocycles. The van der Waals surface area contributed by atoms with Crippen LogP contribution in [0.1, 0.15) is 6.92 Å². The molecule has 100 valence electrons. The van der Waals surface area contributed by atoms with Crippen LogP contribution in [-0.2, 0) is 0 Å². The second kappa shape index (κ2) is 6.08. The maximum Gasteiger partial charge on any atom is 0.290 e. The normalized spacial score (nSPS) is 10.5. The van der Waals surface area contributed by atoms with Crippen molar-refractivity contribution in [2.45, 2.75) is 12.1 Å². The zero-order valence-electron chi connectivity index (χ0n) is 10.5. The van der Waals surface area contributed by atoms with Gasteiger partial charge in [-0.3, -0.25) is 4.79 Å². The minimum absolute atomic E-state index is 0.131. The number of halogens is 1. The van der Waals surface area contributed by atoms with E-state index in [0.29, 0.717) is 17.5 Å². The highest BCUT2D eigenvalue weighted by Gasteiger charge is 2.15. The van der Waals surface area contributed by atoms with E-state index in [9.17, 15) is 4.79 Å². The van der Waals surface area contributed by atoms with E-state index in [-0.39, 0.29) is 10.5 Å². The molecule has 0 fully saturated rings. The van der Waals surface area contributed by atoms with Crippen LogP contribution < -0.4 is 0 Å². The van der Waals surface area contributed by atoms with Gasteiger partial charge in [-0.05, 0) is 31.2 Å². The van der Waals surface area contributed by atoms with Gasteiger partial charge in [-0.15, -0.1) is 10.2 Å². The van der Waals surface area contributed by atoms with Crippen molar-refractivity contribution in [1.29, 1.82) is 0 Å². The van der Waals surface area contributed by atoms with Crippen molar-refractivity contribution < 1.29 is 9.21 Å². The average Bonchev–Trinajstić information content (AvgIpc) is 2.87. The van der Waals surface area contributed by atoms with E-state index >= 15 is 0 Å². The molecule has 5 nitrogen and oxygen atoms in total. The van der Waals surface area contributed by atoms with Gasteiger partial charge in [0, 0.05) is 35.9 Å². The largest absolute Gasteiger partial charge is 0.411 e. The molecule has 19 heavy (non-hydrogen) atoms. The Hall–Kier alpha value is -1.53. The summed E-state index contributed by atoms with van der Waals surface area (Å²) in [6.45, 7) is 2.52. The Morgan fingerprint density at radius 1 is 1.37 bits per heavy atom. The molecular weight excluding hydrogens is 286 g/mol. The van der Waals surface area contributed by atoms with E-state index in [1.54, 1.807) is 36.2 Å². The predicted octanol–water partition coefficient (Wildman–Crippen LogP) is 3.55. The predicted molar refractivity (Wildman–Crippen MR) is 74.3 cm³/mol. The molecule has 1 aromatic carbocycles. The SMILES string of the molecule is CCN(C)C(=O)Sc1nnc(-c2ccc(Cl)cc2)o1. The molecule has 0 atom stereocenters. The summed E-state index contributed by atoms with van der Waals surface area (Å²) in [5, 5.41) is 8.48. The van der Waals surface area contributed by atoms with Crippen molar-refractivity contribution in [3.8, 4) is 11.5 Å². The van der Waals surface area contributed by atoms with Gasteiger partial charge in [0.25, 0.3) is 10.5 Å². The third-order valence-electron chi connectivity index (χ3n) is 2.46. The Morgan fingerprint density at radius 2 is 2.05 bits per heavy atom. The van der Waals surface area contributed by atoms with Crippen LogP contribution in [0, 0.1) is 0 Å². The van der Waals surface area contributed by atoms with Crippen LogP contribution in [0.5, 0.6) is 0 Å². The molecule has 1 heterocycles. The molecule has 2 rings (SSSR count). The number of nitrogens with zero attached hydrogens (tertiary/aromatic N) is 3. The second-order valence-electron chi connectivity index (χ2n) is 3.76. The topological polar surface area (TPSA) is 59.2 Å². The van der Waals surface area contributed by atoms with E-state index in [1.165, 1.54) is 0 Å². The molecule has 0 spiro atoms. The van der Waals surface area contributed by atoms with Crippen molar-refractivity contribution in [2.75, 3.05) is 13.6 Å². The maximum atomic E-state index is 11.7. The molecule has 0 aliphatic carbocycles. The fraction of sp³-hybridized carbons (Fsp3) is 0.250. The molecule has 0 aliphatic heterocycles. The minimum Gasteiger partial charge on any atom is -0.411 e. The van der Waals surface area contributed by atoms with E-state index in [4.69, 9.17) is 16.0 Å². The van der Waals surface area contributed by atoms with Crippen LogP contribution in [-0.4, -0.2) is 33.9 Å². The number of thioether (sulfide) groups is 1. The Kier molecular flexibility index (Phi) is 4.44. The Morgan fingerprint density at radius 3 is 2.68 bits per heavy atom. The Bertz CT molecular complexity index is 571. The number of carbonyl (C=O) groups excluding carboxylic acids is 1. The number of amides is 1. The van der Waals surface area contributed by atoms with Crippen LogP contribution in [0.15, 0.2) is 33.9 Å². The highest BCUT2D eigenvalue weighted by atomic mass is 35.5. The standard InChI is InChI=1S/C12H12ClN3O2S/c1-3-16(2)12(17)19-11-15-14-10(18-11)8-4-6-9(13)7-5-8/h4-7H,3H2,1-2H3. The van der Waals surface area contributed by atoms with Crippen LogP contribution in [0.25, 0.3) is 11.5 Å². The molecule has 1 amide bonds. The number of benzene rings is 1. The number of carbonyl (C=O) groups is 1. The summed E-state index contributed by atoms with van der Waals surface area (Å²) in [7, 11) is 1.71. The molecule has 7 heteroatoms. The van der Waals surface area contributed by atoms with Crippen molar-refractivity contribution in [3.05, 3.63) is 29.3 Å². The lowest BCUT2D eigenvalue weighted by molar-refractivity contribution is 0.235. The van der Waals surface area contributed by atoms with Gasteiger partial charge in [-0.2, -0.15) is 0 Å². The lowest BCUT2D eigenvalue weighted by Crippen LogP contribution is -2.21. The van der Waals surface area contributed by atoms with Crippen LogP contribution in [0.4, 0.5) is 4.79 Å². The number of hydrogen-bond acceptors (Lipinski definition) is 5. The highest BCUT2D eigenvalue weighted by Crippen LogP contribution is 2.25. The summed E-state index contributed by atoms with van der Waals surface area (Å²) >= 11 is 6.72. The summed E-state index contributed by atoms with van der Waals surface area (Å²) in [5.74, 6) is 0.367. The fourth-order valence-electron chi connectivity index (χ4n) is 1.24. The first-order valence-corrected chi connectivity index (χ1v) is 6.82. The summed E-state index contributed by atoms with van der Waals surface area (Å²) in [4.78, 5) is 13.2. The molecule has 0 aliphatic rings. The van der Waals surface area contributed by atoms with Gasteiger partial charge >= 0.3 is 0 Å². The quantitative estimate of drug-likeness (QED) is 0.811. The Balaban J connectivity index is 2.11. The van der Waals surface area contributed by atoms with Gasteiger partial charge in [-0.1, -0.05) is 11.6 Å². The van der Waals surface area contributed by atoms with Gasteiger partial charge in [0.1, 0.15) is 0 Å². The molecule has 0 bridgehead atoms. The van der Waals surface area contributed by atoms with Gasteiger partial charge in [0.15, 0.2) is 0 Å². The van der Waals surface area contributed by atoms with Crippen molar-refractivity contribution in [2.24, 2.45) is 0 Å². The number of aromatic nitrogens is 2. The lowest BCUT2D eigenvalue weighted by atomic mass is 10.2. The molecule has 0 N–H and O–H groups in total. The van der Waals surface area contributed by atoms with Crippen LogP contribution in [0.2, 0.25) is 5.02 Å². The molecule has 2 aromatic rings. The molecule has 0 radical (unpaired) electrons. The fourth-order valence-corrected chi connectivity index (χ4v) is 2.00. The minimum atomic E-state index is -0.131. The second-order valence-corrected chi connectivity index (χ2v) is 5.10. The molecule has 0 saturated carbocycles. The zero-order chi connectivity index (χ0) is 13.8. The molecule has 0 saturated heterocycles. The highest BCUT2D eigenvalue weighted by molar-refractivity contribution is 8.13. The first-order chi connectivity index (χ1) is 9.10. The maximum absolute atomic E-state index is 11.7. The van der Waals surface area contributed by atoms with Crippen LogP contribution >= 0.6 is 23.4 Å². The molecular formula is C12H12ClN3O2S. The van der Waals surface area contributed by atoms with Gasteiger partial charge in [0.05, 0.1) is 0 Å². The third kappa shape index (κ3) is 3.48. The van der Waals surface area contributed by atoms with Gasteiger partial charge in [0.2, 0.25) is 5.89 Å². The van der Waals surface area contributed by atoms with E-state index in [2.05, 4.69) is 10.2 Å². The monoisotopic (exact) mass is 297 g/mol. The summed E-state index contributed by atoms with van der Waals surface area (Å²) < 4.78 is 5.43. The van der Waals surface area contributed by atoms with Gasteiger partial charge < -0.3 is 9.32 Å². The number of rotatable bonds is 3. The van der Waals surface area contributed by atoms with Crippen LogP contribution in [0.3, 0.4) is 0 Å². The van der Waals surface area contributed by atoms with Crippen molar-refractivity contribution in [1.82, 2.24) is 15.1 Å². The number of hydrogen-bond donors (Lipinski definition) is 0. The molecule has 0 unspecified atom stereocenters. The van der Waals surface area contributed by atoms with Crippen molar-refractivity contribution >= 4 is 28.6 Å². The van der Waals surface area contributed by atoms with Gasteiger partial charge in [-0.25, -0.2) is 0 Å².